The van der Waals surface area contributed by atoms with Gasteiger partial charge in [-0.3, -0.25) is 4.79 Å². The number of β-lactam (4-membered cyclic amide) rings is 1. The van der Waals surface area contributed by atoms with Crippen LogP contribution >= 0.6 is 0 Å². The lowest BCUT2D eigenvalue weighted by Crippen LogP contribution is -2.70. The Kier molecular flexibility index (Phi) is 2.91. The molecule has 9 nitrogen and oxygen atoms in total. The lowest BCUT2D eigenvalue weighted by atomic mass is 9.99. The maximum absolute atomic E-state index is 11.1. The van der Waals surface area contributed by atoms with Crippen molar-refractivity contribution in [2.45, 2.75) is 25.2 Å². The first kappa shape index (κ1) is 11.3. The van der Waals surface area contributed by atoms with E-state index in [1.165, 1.54) is 11.0 Å². The van der Waals surface area contributed by atoms with Crippen molar-refractivity contribution in [3.63, 3.8) is 0 Å². The topological polar surface area (TPSA) is 129 Å². The number of rotatable bonds is 4. The SMILES string of the molecule is O=C(O)N[C@@H]1C(=O)N[C@@H]1Cn1ncc(CO)n1. The van der Waals surface area contributed by atoms with Gasteiger partial charge in [0, 0.05) is 0 Å². The maximum Gasteiger partial charge on any atom is 0.405 e. The van der Waals surface area contributed by atoms with E-state index in [9.17, 15) is 9.59 Å². The largest absolute Gasteiger partial charge is 0.465 e. The monoisotopic (exact) mass is 241 g/mol. The van der Waals surface area contributed by atoms with Crippen molar-refractivity contribution >= 4 is 12.0 Å². The molecule has 17 heavy (non-hydrogen) atoms. The van der Waals surface area contributed by atoms with Crippen LogP contribution in [0.1, 0.15) is 5.69 Å². The Morgan fingerprint density at radius 2 is 2.41 bits per heavy atom. The van der Waals surface area contributed by atoms with Crippen molar-refractivity contribution in [3.8, 4) is 0 Å². The zero-order valence-corrected chi connectivity index (χ0v) is 8.70. The fraction of sp³-hybridized carbons (Fsp3) is 0.500. The van der Waals surface area contributed by atoms with Crippen molar-refractivity contribution in [1.29, 1.82) is 0 Å². The Labute approximate surface area is 95.4 Å². The summed E-state index contributed by atoms with van der Waals surface area (Å²) in [6.07, 6.45) is 0.152. The summed E-state index contributed by atoms with van der Waals surface area (Å²) in [4.78, 5) is 22.8. The molecule has 0 aromatic carbocycles. The van der Waals surface area contributed by atoms with Crippen molar-refractivity contribution in [2.75, 3.05) is 0 Å². The summed E-state index contributed by atoms with van der Waals surface area (Å²) in [5.41, 5.74) is 0.415. The molecule has 2 heterocycles. The van der Waals surface area contributed by atoms with Crippen LogP contribution < -0.4 is 10.6 Å². The van der Waals surface area contributed by atoms with Crippen LogP contribution in [0.25, 0.3) is 0 Å². The standard InChI is InChI=1S/C8H11N5O4/c14-3-4-1-9-13(12-4)2-5-6(7(15)10-5)11-8(16)17/h1,5-6,11,14H,2-3H2,(H,10,15)(H,16,17)/t5-,6+/m1/s1. The molecular formula is C8H11N5O4. The van der Waals surface area contributed by atoms with Crippen LogP contribution in [0.3, 0.4) is 0 Å². The van der Waals surface area contributed by atoms with Gasteiger partial charge in [0.1, 0.15) is 11.7 Å². The Bertz CT molecular complexity index is 445. The number of carbonyl (C=O) groups is 2. The first-order valence-electron chi connectivity index (χ1n) is 4.90. The number of nitrogens with one attached hydrogen (secondary N) is 2. The number of aromatic nitrogens is 3. The van der Waals surface area contributed by atoms with Gasteiger partial charge in [-0.2, -0.15) is 15.0 Å². The van der Waals surface area contributed by atoms with Gasteiger partial charge in [0.05, 0.1) is 25.4 Å². The molecule has 0 unspecified atom stereocenters. The van der Waals surface area contributed by atoms with Gasteiger partial charge >= 0.3 is 6.09 Å². The average Bonchev–Trinajstić information content (AvgIpc) is 2.73. The predicted molar refractivity (Wildman–Crippen MR) is 52.8 cm³/mol. The quantitative estimate of drug-likeness (QED) is 0.447. The number of amides is 2. The van der Waals surface area contributed by atoms with E-state index in [2.05, 4.69) is 20.8 Å². The van der Waals surface area contributed by atoms with Crippen LogP contribution in [-0.4, -0.2) is 49.3 Å². The molecule has 2 atom stereocenters. The third-order valence-corrected chi connectivity index (χ3v) is 2.40. The van der Waals surface area contributed by atoms with Crippen molar-refractivity contribution < 1.29 is 19.8 Å². The van der Waals surface area contributed by atoms with Gasteiger partial charge in [-0.15, -0.1) is 0 Å². The molecule has 1 saturated heterocycles. The predicted octanol–water partition coefficient (Wildman–Crippen LogP) is -2.09. The molecule has 1 aromatic rings. The summed E-state index contributed by atoms with van der Waals surface area (Å²) in [7, 11) is 0. The Morgan fingerprint density at radius 3 is 2.94 bits per heavy atom. The molecular weight excluding hydrogens is 230 g/mol. The molecule has 4 N–H and O–H groups in total. The summed E-state index contributed by atoms with van der Waals surface area (Å²) >= 11 is 0. The summed E-state index contributed by atoms with van der Waals surface area (Å²) in [5.74, 6) is -0.369. The minimum absolute atomic E-state index is 0.214. The zero-order chi connectivity index (χ0) is 12.4. The van der Waals surface area contributed by atoms with Gasteiger partial charge < -0.3 is 20.8 Å². The lowest BCUT2D eigenvalue weighted by molar-refractivity contribution is -0.131. The molecule has 1 aromatic heterocycles. The molecule has 2 amide bonds. The van der Waals surface area contributed by atoms with E-state index in [0.717, 1.165) is 0 Å². The van der Waals surface area contributed by atoms with E-state index >= 15 is 0 Å². The first-order valence-corrected chi connectivity index (χ1v) is 4.90. The number of hydrogen-bond acceptors (Lipinski definition) is 5. The number of aliphatic hydroxyl groups excluding tert-OH is 1. The molecule has 1 aliphatic heterocycles. The van der Waals surface area contributed by atoms with E-state index in [1.807, 2.05) is 0 Å². The van der Waals surface area contributed by atoms with Crippen molar-refractivity contribution in [2.24, 2.45) is 0 Å². The van der Waals surface area contributed by atoms with E-state index in [4.69, 9.17) is 10.2 Å². The van der Waals surface area contributed by atoms with Crippen LogP contribution in [0, 0.1) is 0 Å². The Morgan fingerprint density at radius 1 is 1.65 bits per heavy atom. The maximum atomic E-state index is 11.1. The molecule has 2 rings (SSSR count). The molecule has 0 radical (unpaired) electrons. The average molecular weight is 241 g/mol. The molecule has 1 fully saturated rings. The number of nitrogens with zero attached hydrogens (tertiary/aromatic N) is 3. The van der Waals surface area contributed by atoms with Gasteiger partial charge in [0.25, 0.3) is 0 Å². The van der Waals surface area contributed by atoms with Gasteiger partial charge in [-0.25, -0.2) is 4.79 Å². The van der Waals surface area contributed by atoms with Gasteiger partial charge in [-0.1, -0.05) is 0 Å². The minimum Gasteiger partial charge on any atom is -0.465 e. The zero-order valence-electron chi connectivity index (χ0n) is 8.70. The second kappa shape index (κ2) is 4.37. The fourth-order valence-corrected chi connectivity index (χ4v) is 1.56. The van der Waals surface area contributed by atoms with Gasteiger partial charge in [0.15, 0.2) is 0 Å². The highest BCUT2D eigenvalue weighted by Crippen LogP contribution is 2.08. The highest BCUT2D eigenvalue weighted by molar-refractivity contribution is 5.91. The summed E-state index contributed by atoms with van der Waals surface area (Å²) in [6, 6.07) is -1.16. The van der Waals surface area contributed by atoms with Crippen molar-refractivity contribution in [3.05, 3.63) is 11.9 Å². The smallest absolute Gasteiger partial charge is 0.405 e. The molecule has 92 valence electrons. The summed E-state index contributed by atoms with van der Waals surface area (Å²) in [6.45, 7) is 0.0323. The summed E-state index contributed by atoms with van der Waals surface area (Å²) in [5, 5.41) is 29.8. The van der Waals surface area contributed by atoms with E-state index < -0.39 is 12.1 Å². The van der Waals surface area contributed by atoms with Crippen molar-refractivity contribution in [1.82, 2.24) is 25.6 Å². The van der Waals surface area contributed by atoms with Gasteiger partial charge in [0.2, 0.25) is 5.91 Å². The number of carboxylic acid groups (broad SMARTS) is 1. The van der Waals surface area contributed by atoms with Crippen LogP contribution in [-0.2, 0) is 17.9 Å². The molecule has 0 saturated carbocycles. The van der Waals surface area contributed by atoms with Crippen LogP contribution in [0.4, 0.5) is 4.79 Å². The molecule has 0 spiro atoms. The van der Waals surface area contributed by atoms with Crippen LogP contribution in [0.5, 0.6) is 0 Å². The van der Waals surface area contributed by atoms with E-state index in [1.54, 1.807) is 0 Å². The van der Waals surface area contributed by atoms with Gasteiger partial charge in [-0.05, 0) is 0 Å². The van der Waals surface area contributed by atoms with E-state index in [0.29, 0.717) is 5.69 Å². The highest BCUT2D eigenvalue weighted by Gasteiger charge is 2.40. The second-order valence-corrected chi connectivity index (χ2v) is 3.59. The normalized spacial score (nSPS) is 22.8. The lowest BCUT2D eigenvalue weighted by Gasteiger charge is -2.35. The number of hydrogen-bond donors (Lipinski definition) is 4. The van der Waals surface area contributed by atoms with Crippen LogP contribution in [0.2, 0.25) is 0 Å². The molecule has 0 aliphatic carbocycles. The number of carbonyl (C=O) groups excluding carboxylic acids is 1. The second-order valence-electron chi connectivity index (χ2n) is 3.59. The van der Waals surface area contributed by atoms with E-state index in [-0.39, 0.29) is 25.1 Å². The number of aliphatic hydroxyl groups is 1. The Hall–Kier alpha value is -2.16. The molecule has 0 bridgehead atoms. The van der Waals surface area contributed by atoms with Crippen LogP contribution in [0.15, 0.2) is 6.20 Å². The summed E-state index contributed by atoms with van der Waals surface area (Å²) < 4.78 is 0. The minimum atomic E-state index is -1.25. The third kappa shape index (κ3) is 2.33. The third-order valence-electron chi connectivity index (χ3n) is 2.40. The highest BCUT2D eigenvalue weighted by atomic mass is 16.4. The first-order chi connectivity index (χ1) is 8.10. The Balaban J connectivity index is 1.95. The molecule has 9 heteroatoms. The fourth-order valence-electron chi connectivity index (χ4n) is 1.56. The molecule has 1 aliphatic rings.